The number of fused-ring (bicyclic) bond motifs is 2. The quantitative estimate of drug-likeness (QED) is 0.633. The van der Waals surface area contributed by atoms with Crippen molar-refractivity contribution in [1.82, 2.24) is 4.98 Å². The minimum Gasteiger partial charge on any atom is -0.358 e. The number of aromatic nitrogens is 1. The molecule has 100 valence electrons. The molecule has 0 unspecified atom stereocenters. The smallest absolute Gasteiger partial charge is 0.0491 e. The van der Waals surface area contributed by atoms with Crippen LogP contribution in [-0.4, -0.2) is 4.98 Å². The SMILES string of the molecule is Cc1[nH]c(-c2ccc3ccccc3c2)c2c1CCCC2. The van der Waals surface area contributed by atoms with E-state index in [-0.39, 0.29) is 0 Å². The van der Waals surface area contributed by atoms with E-state index in [1.165, 1.54) is 53.4 Å². The molecule has 0 spiro atoms. The van der Waals surface area contributed by atoms with Gasteiger partial charge in [0, 0.05) is 11.4 Å². The summed E-state index contributed by atoms with van der Waals surface area (Å²) in [6.07, 6.45) is 5.13. The summed E-state index contributed by atoms with van der Waals surface area (Å²) in [6, 6.07) is 15.4. The van der Waals surface area contributed by atoms with Crippen LogP contribution in [0.4, 0.5) is 0 Å². The van der Waals surface area contributed by atoms with Gasteiger partial charge in [-0.1, -0.05) is 36.4 Å². The summed E-state index contributed by atoms with van der Waals surface area (Å²) in [5.41, 5.74) is 7.17. The van der Waals surface area contributed by atoms with E-state index in [0.717, 1.165) is 0 Å². The van der Waals surface area contributed by atoms with E-state index in [2.05, 4.69) is 54.4 Å². The summed E-state index contributed by atoms with van der Waals surface area (Å²) in [4.78, 5) is 3.64. The van der Waals surface area contributed by atoms with Gasteiger partial charge >= 0.3 is 0 Å². The molecule has 1 aliphatic carbocycles. The molecule has 0 saturated heterocycles. The van der Waals surface area contributed by atoms with Gasteiger partial charge in [-0.25, -0.2) is 0 Å². The molecule has 0 aliphatic heterocycles. The Hall–Kier alpha value is -2.02. The fraction of sp³-hybridized carbons (Fsp3) is 0.263. The molecule has 3 aromatic rings. The lowest BCUT2D eigenvalue weighted by Gasteiger charge is -2.13. The van der Waals surface area contributed by atoms with Crippen molar-refractivity contribution < 1.29 is 0 Å². The van der Waals surface area contributed by atoms with Gasteiger partial charge in [-0.3, -0.25) is 0 Å². The van der Waals surface area contributed by atoms with Crippen molar-refractivity contribution in [2.45, 2.75) is 32.6 Å². The maximum absolute atomic E-state index is 3.64. The maximum atomic E-state index is 3.64. The van der Waals surface area contributed by atoms with Gasteiger partial charge in [0.05, 0.1) is 0 Å². The van der Waals surface area contributed by atoms with Crippen molar-refractivity contribution >= 4 is 10.8 Å². The van der Waals surface area contributed by atoms with Crippen molar-refractivity contribution in [2.24, 2.45) is 0 Å². The van der Waals surface area contributed by atoms with E-state index in [1.54, 1.807) is 11.1 Å². The van der Waals surface area contributed by atoms with Crippen LogP contribution in [0.2, 0.25) is 0 Å². The molecule has 2 aromatic carbocycles. The molecule has 0 amide bonds. The number of benzene rings is 2. The van der Waals surface area contributed by atoms with Crippen LogP contribution < -0.4 is 0 Å². The molecule has 0 radical (unpaired) electrons. The lowest BCUT2D eigenvalue weighted by Crippen LogP contribution is -2.01. The van der Waals surface area contributed by atoms with Crippen LogP contribution >= 0.6 is 0 Å². The molecule has 1 N–H and O–H groups in total. The van der Waals surface area contributed by atoms with Crippen molar-refractivity contribution in [3.05, 3.63) is 59.3 Å². The third-order valence-electron chi connectivity index (χ3n) is 4.57. The van der Waals surface area contributed by atoms with Crippen molar-refractivity contribution in [2.75, 3.05) is 0 Å². The highest BCUT2D eigenvalue weighted by atomic mass is 14.7. The Morgan fingerprint density at radius 1 is 0.850 bits per heavy atom. The van der Waals surface area contributed by atoms with E-state index in [1.807, 2.05) is 0 Å². The number of hydrogen-bond acceptors (Lipinski definition) is 0. The van der Waals surface area contributed by atoms with E-state index in [4.69, 9.17) is 0 Å². The maximum Gasteiger partial charge on any atom is 0.0491 e. The number of rotatable bonds is 1. The topological polar surface area (TPSA) is 15.8 Å². The number of aromatic amines is 1. The van der Waals surface area contributed by atoms with Gasteiger partial charge in [0.1, 0.15) is 0 Å². The van der Waals surface area contributed by atoms with Crippen LogP contribution in [0, 0.1) is 6.92 Å². The fourth-order valence-corrected chi connectivity index (χ4v) is 3.52. The first-order valence-corrected chi connectivity index (χ1v) is 7.52. The molecule has 20 heavy (non-hydrogen) atoms. The number of H-pyrrole nitrogens is 1. The molecule has 1 heterocycles. The van der Waals surface area contributed by atoms with Crippen LogP contribution in [0.5, 0.6) is 0 Å². The van der Waals surface area contributed by atoms with Crippen molar-refractivity contribution in [1.29, 1.82) is 0 Å². The Morgan fingerprint density at radius 2 is 1.60 bits per heavy atom. The largest absolute Gasteiger partial charge is 0.358 e. The summed E-state index contributed by atoms with van der Waals surface area (Å²) in [7, 11) is 0. The average Bonchev–Trinajstić information content (AvgIpc) is 2.85. The first kappa shape index (κ1) is 11.8. The third-order valence-corrected chi connectivity index (χ3v) is 4.57. The number of hydrogen-bond donors (Lipinski definition) is 1. The van der Waals surface area contributed by atoms with Gasteiger partial charge in [0.15, 0.2) is 0 Å². The number of nitrogens with one attached hydrogen (secondary N) is 1. The minimum absolute atomic E-state index is 1.22. The van der Waals surface area contributed by atoms with Crippen LogP contribution in [0.3, 0.4) is 0 Å². The van der Waals surface area contributed by atoms with Gasteiger partial charge in [-0.15, -0.1) is 0 Å². The summed E-state index contributed by atoms with van der Waals surface area (Å²) < 4.78 is 0. The predicted molar refractivity (Wildman–Crippen MR) is 85.1 cm³/mol. The zero-order valence-corrected chi connectivity index (χ0v) is 11.9. The Labute approximate surface area is 119 Å². The summed E-state index contributed by atoms with van der Waals surface area (Å²) in [5, 5.41) is 2.63. The molecule has 1 aromatic heterocycles. The Morgan fingerprint density at radius 3 is 2.45 bits per heavy atom. The highest BCUT2D eigenvalue weighted by Crippen LogP contribution is 2.34. The second-order valence-electron chi connectivity index (χ2n) is 5.85. The molecular formula is C19H19N. The summed E-state index contributed by atoms with van der Waals surface area (Å²) in [6.45, 7) is 2.22. The second kappa shape index (κ2) is 4.52. The van der Waals surface area contributed by atoms with Crippen LogP contribution in [0.1, 0.15) is 29.7 Å². The van der Waals surface area contributed by atoms with E-state index in [0.29, 0.717) is 0 Å². The van der Waals surface area contributed by atoms with Crippen molar-refractivity contribution in [3.8, 4) is 11.3 Å². The molecule has 4 rings (SSSR count). The normalized spacial score (nSPS) is 14.4. The average molecular weight is 261 g/mol. The molecule has 1 heteroatoms. The summed E-state index contributed by atoms with van der Waals surface area (Å²) >= 11 is 0. The van der Waals surface area contributed by atoms with Crippen LogP contribution in [0.25, 0.3) is 22.0 Å². The van der Waals surface area contributed by atoms with Gasteiger partial charge in [-0.05, 0) is 66.1 Å². The standard InChI is InChI=1S/C19H19N/c1-13-17-8-4-5-9-18(17)19(20-13)16-11-10-14-6-2-3-7-15(14)12-16/h2-3,6-7,10-12,20H,4-5,8-9H2,1H3. The molecule has 1 aliphatic rings. The third kappa shape index (κ3) is 1.77. The zero-order chi connectivity index (χ0) is 13.5. The predicted octanol–water partition coefficient (Wildman–Crippen LogP) is 5.02. The fourth-order valence-electron chi connectivity index (χ4n) is 3.52. The number of aryl methyl sites for hydroxylation is 1. The molecule has 0 bridgehead atoms. The molecule has 0 saturated carbocycles. The minimum atomic E-state index is 1.22. The van der Waals surface area contributed by atoms with Crippen LogP contribution in [-0.2, 0) is 12.8 Å². The monoisotopic (exact) mass is 261 g/mol. The molecule has 0 atom stereocenters. The second-order valence-corrected chi connectivity index (χ2v) is 5.85. The zero-order valence-electron chi connectivity index (χ0n) is 11.9. The molecule has 1 nitrogen and oxygen atoms in total. The van der Waals surface area contributed by atoms with Crippen molar-refractivity contribution in [3.63, 3.8) is 0 Å². The van der Waals surface area contributed by atoms with E-state index in [9.17, 15) is 0 Å². The van der Waals surface area contributed by atoms with Gasteiger partial charge < -0.3 is 4.98 Å². The van der Waals surface area contributed by atoms with Gasteiger partial charge in [0.25, 0.3) is 0 Å². The molecule has 0 fully saturated rings. The summed E-state index contributed by atoms with van der Waals surface area (Å²) in [5.74, 6) is 0. The lowest BCUT2D eigenvalue weighted by molar-refractivity contribution is 0.688. The van der Waals surface area contributed by atoms with Gasteiger partial charge in [-0.2, -0.15) is 0 Å². The van der Waals surface area contributed by atoms with E-state index < -0.39 is 0 Å². The Bertz CT molecular complexity index is 780. The molecular weight excluding hydrogens is 242 g/mol. The highest BCUT2D eigenvalue weighted by molar-refractivity contribution is 5.87. The lowest BCUT2D eigenvalue weighted by atomic mass is 9.90. The van der Waals surface area contributed by atoms with Gasteiger partial charge in [0.2, 0.25) is 0 Å². The Kier molecular flexibility index (Phi) is 2.66. The first-order chi connectivity index (χ1) is 9.83. The first-order valence-electron chi connectivity index (χ1n) is 7.52. The highest BCUT2D eigenvalue weighted by Gasteiger charge is 2.19. The Balaban J connectivity index is 1.90. The van der Waals surface area contributed by atoms with E-state index >= 15 is 0 Å². The van der Waals surface area contributed by atoms with Crippen LogP contribution in [0.15, 0.2) is 42.5 Å².